The Labute approximate surface area is 83.8 Å². The third-order valence-corrected chi connectivity index (χ3v) is 2.01. The van der Waals surface area contributed by atoms with Gasteiger partial charge in [0.05, 0.1) is 6.54 Å². The predicted molar refractivity (Wildman–Crippen MR) is 59.3 cm³/mol. The zero-order valence-corrected chi connectivity index (χ0v) is 8.14. The number of rotatable bonds is 1. The molecule has 0 saturated carbocycles. The maximum atomic E-state index is 4.26. The normalized spacial score (nSPS) is 15.2. The van der Waals surface area contributed by atoms with E-state index in [2.05, 4.69) is 15.2 Å². The monoisotopic (exact) mass is 187 g/mol. The molecule has 2 rings (SSSR count). The van der Waals surface area contributed by atoms with Gasteiger partial charge in [-0.05, 0) is 12.1 Å². The summed E-state index contributed by atoms with van der Waals surface area (Å²) < 4.78 is 0. The van der Waals surface area contributed by atoms with Crippen LogP contribution in [0, 0.1) is 0 Å². The fourth-order valence-electron chi connectivity index (χ4n) is 1.33. The zero-order chi connectivity index (χ0) is 9.80. The van der Waals surface area contributed by atoms with Gasteiger partial charge in [-0.15, -0.1) is 0 Å². The van der Waals surface area contributed by atoms with Crippen LogP contribution in [0.4, 0.5) is 5.69 Å². The Kier molecular flexibility index (Phi) is 2.49. The Bertz CT molecular complexity index is 354. The molecule has 0 bridgehead atoms. The number of likely N-dealkylation sites (N-methyl/N-ethyl adjacent to an activating group) is 1. The number of para-hydroxylation sites is 1. The molecule has 1 aliphatic rings. The number of benzene rings is 1. The van der Waals surface area contributed by atoms with E-state index in [1.165, 1.54) is 0 Å². The van der Waals surface area contributed by atoms with Crippen molar-refractivity contribution in [3.63, 3.8) is 0 Å². The molecular formula is C11H13N3. The highest BCUT2D eigenvalue weighted by molar-refractivity contribution is 5.97. The lowest BCUT2D eigenvalue weighted by Gasteiger charge is -2.19. The molecule has 1 aromatic carbocycles. The van der Waals surface area contributed by atoms with Gasteiger partial charge >= 0.3 is 0 Å². The molecular weight excluding hydrogens is 174 g/mol. The van der Waals surface area contributed by atoms with Crippen LogP contribution in [0.25, 0.3) is 0 Å². The first-order valence-electron chi connectivity index (χ1n) is 4.60. The molecule has 1 heterocycles. The Balaban J connectivity index is 2.05. The van der Waals surface area contributed by atoms with Gasteiger partial charge in [0, 0.05) is 25.1 Å². The quantitative estimate of drug-likeness (QED) is 0.727. The average molecular weight is 187 g/mol. The minimum absolute atomic E-state index is 0.825. The Morgan fingerprint density at radius 3 is 2.79 bits per heavy atom. The molecule has 0 atom stereocenters. The van der Waals surface area contributed by atoms with Crippen LogP contribution in [0.5, 0.6) is 0 Å². The highest BCUT2D eigenvalue weighted by Crippen LogP contribution is 2.06. The first kappa shape index (κ1) is 8.81. The van der Waals surface area contributed by atoms with Gasteiger partial charge in [0.25, 0.3) is 0 Å². The SMILES string of the molecule is CN1C=CN=C(Nc2ccccc2)C1. The number of amidine groups is 1. The van der Waals surface area contributed by atoms with E-state index in [9.17, 15) is 0 Å². The Morgan fingerprint density at radius 2 is 2.07 bits per heavy atom. The second-order valence-electron chi connectivity index (χ2n) is 3.28. The van der Waals surface area contributed by atoms with Crippen molar-refractivity contribution in [2.45, 2.75) is 0 Å². The number of anilines is 1. The third kappa shape index (κ3) is 2.13. The fourth-order valence-corrected chi connectivity index (χ4v) is 1.33. The average Bonchev–Trinajstić information content (AvgIpc) is 2.19. The zero-order valence-electron chi connectivity index (χ0n) is 8.14. The summed E-state index contributed by atoms with van der Waals surface area (Å²) in [4.78, 5) is 6.34. The second-order valence-corrected chi connectivity index (χ2v) is 3.28. The van der Waals surface area contributed by atoms with Crippen molar-refractivity contribution in [1.29, 1.82) is 0 Å². The molecule has 0 aromatic heterocycles. The number of hydrogen-bond donors (Lipinski definition) is 1. The van der Waals surface area contributed by atoms with E-state index in [4.69, 9.17) is 0 Å². The van der Waals surface area contributed by atoms with E-state index in [0.717, 1.165) is 18.1 Å². The van der Waals surface area contributed by atoms with Crippen molar-refractivity contribution in [2.75, 3.05) is 18.9 Å². The molecule has 0 radical (unpaired) electrons. The van der Waals surface area contributed by atoms with E-state index < -0.39 is 0 Å². The summed E-state index contributed by atoms with van der Waals surface area (Å²) in [5.41, 5.74) is 1.08. The molecule has 0 aliphatic carbocycles. The lowest BCUT2D eigenvalue weighted by molar-refractivity contribution is 0.516. The van der Waals surface area contributed by atoms with Crippen molar-refractivity contribution >= 4 is 11.5 Å². The Hall–Kier alpha value is -1.77. The van der Waals surface area contributed by atoms with Crippen LogP contribution < -0.4 is 5.32 Å². The number of nitrogens with one attached hydrogen (secondary N) is 1. The van der Waals surface area contributed by atoms with E-state index in [1.807, 2.05) is 43.6 Å². The van der Waals surface area contributed by atoms with E-state index in [0.29, 0.717) is 0 Å². The molecule has 1 aliphatic heterocycles. The number of aliphatic imine (C=N–C) groups is 1. The van der Waals surface area contributed by atoms with Gasteiger partial charge in [0.15, 0.2) is 0 Å². The van der Waals surface area contributed by atoms with Gasteiger partial charge in [-0.1, -0.05) is 18.2 Å². The molecule has 3 heteroatoms. The summed E-state index contributed by atoms with van der Waals surface area (Å²) in [6, 6.07) is 10.1. The minimum atomic E-state index is 0.825. The van der Waals surface area contributed by atoms with Crippen LogP contribution in [0.3, 0.4) is 0 Å². The molecule has 1 aromatic rings. The lowest BCUT2D eigenvalue weighted by atomic mass is 10.3. The maximum Gasteiger partial charge on any atom is 0.126 e. The predicted octanol–water partition coefficient (Wildman–Crippen LogP) is 1.91. The first-order valence-corrected chi connectivity index (χ1v) is 4.60. The van der Waals surface area contributed by atoms with Crippen LogP contribution in [-0.2, 0) is 0 Å². The molecule has 0 unspecified atom stereocenters. The standard InChI is InChI=1S/C11H13N3/c1-14-8-7-12-11(9-14)13-10-5-3-2-4-6-10/h2-8H,9H2,1H3,(H,12,13). The van der Waals surface area contributed by atoms with Crippen molar-refractivity contribution < 1.29 is 0 Å². The van der Waals surface area contributed by atoms with Crippen molar-refractivity contribution in [2.24, 2.45) is 4.99 Å². The van der Waals surface area contributed by atoms with Gasteiger partial charge < -0.3 is 10.2 Å². The highest BCUT2D eigenvalue weighted by atomic mass is 15.2. The van der Waals surface area contributed by atoms with Crippen LogP contribution in [0.1, 0.15) is 0 Å². The second kappa shape index (κ2) is 3.96. The summed E-state index contributed by atoms with van der Waals surface area (Å²) in [6.07, 6.45) is 3.75. The van der Waals surface area contributed by atoms with Gasteiger partial charge in [-0.3, -0.25) is 0 Å². The molecule has 1 N–H and O–H groups in total. The van der Waals surface area contributed by atoms with Crippen LogP contribution in [-0.4, -0.2) is 24.3 Å². The smallest absolute Gasteiger partial charge is 0.126 e. The molecule has 0 amide bonds. The van der Waals surface area contributed by atoms with Crippen molar-refractivity contribution in [1.82, 2.24) is 4.90 Å². The maximum absolute atomic E-state index is 4.26. The summed E-state index contributed by atoms with van der Waals surface area (Å²) in [5.74, 6) is 0.973. The van der Waals surface area contributed by atoms with Crippen LogP contribution >= 0.6 is 0 Å². The fraction of sp³-hybridized carbons (Fsp3) is 0.182. The van der Waals surface area contributed by atoms with E-state index in [-0.39, 0.29) is 0 Å². The third-order valence-electron chi connectivity index (χ3n) is 2.01. The molecule has 0 fully saturated rings. The van der Waals surface area contributed by atoms with Gasteiger partial charge in [-0.25, -0.2) is 4.99 Å². The lowest BCUT2D eigenvalue weighted by Crippen LogP contribution is -2.28. The molecule has 3 nitrogen and oxygen atoms in total. The van der Waals surface area contributed by atoms with Gasteiger partial charge in [0.2, 0.25) is 0 Å². The van der Waals surface area contributed by atoms with Crippen LogP contribution in [0.15, 0.2) is 47.7 Å². The summed E-state index contributed by atoms with van der Waals surface area (Å²) in [6.45, 7) is 0.825. The summed E-state index contributed by atoms with van der Waals surface area (Å²) in [7, 11) is 2.03. The molecule has 0 saturated heterocycles. The topological polar surface area (TPSA) is 27.6 Å². The summed E-state index contributed by atoms with van der Waals surface area (Å²) >= 11 is 0. The molecule has 0 spiro atoms. The molecule has 14 heavy (non-hydrogen) atoms. The number of hydrogen-bond acceptors (Lipinski definition) is 3. The van der Waals surface area contributed by atoms with Crippen molar-refractivity contribution in [3.8, 4) is 0 Å². The largest absolute Gasteiger partial charge is 0.372 e. The minimum Gasteiger partial charge on any atom is -0.372 e. The van der Waals surface area contributed by atoms with E-state index >= 15 is 0 Å². The highest BCUT2D eigenvalue weighted by Gasteiger charge is 2.04. The van der Waals surface area contributed by atoms with E-state index in [1.54, 1.807) is 6.20 Å². The van der Waals surface area contributed by atoms with Crippen molar-refractivity contribution in [3.05, 3.63) is 42.7 Å². The van der Waals surface area contributed by atoms with Gasteiger partial charge in [0.1, 0.15) is 5.84 Å². The van der Waals surface area contributed by atoms with Crippen LogP contribution in [0.2, 0.25) is 0 Å². The number of nitrogens with zero attached hydrogens (tertiary/aromatic N) is 2. The van der Waals surface area contributed by atoms with Gasteiger partial charge in [-0.2, -0.15) is 0 Å². The first-order chi connectivity index (χ1) is 6.84. The Morgan fingerprint density at radius 1 is 1.29 bits per heavy atom. The molecule has 72 valence electrons. The summed E-state index contributed by atoms with van der Waals surface area (Å²) in [5, 5.41) is 3.27.